The lowest BCUT2D eigenvalue weighted by molar-refractivity contribution is 0.0951. The molecular formula is C23H20BrClN6O. The molecule has 9 heteroatoms. The maximum absolute atomic E-state index is 12.8. The molecule has 0 aliphatic heterocycles. The van der Waals surface area contributed by atoms with E-state index in [0.717, 1.165) is 15.6 Å². The average molecular weight is 512 g/mol. The summed E-state index contributed by atoms with van der Waals surface area (Å²) in [5.74, 6) is 0.276. The average Bonchev–Trinajstić information content (AvgIpc) is 3.26. The molecule has 1 amide bonds. The Balaban J connectivity index is 1.34. The summed E-state index contributed by atoms with van der Waals surface area (Å²) in [4.78, 5) is 17.1. The van der Waals surface area contributed by atoms with E-state index in [1.807, 2.05) is 54.7 Å². The summed E-state index contributed by atoms with van der Waals surface area (Å²) in [6, 6.07) is 19.0. The Kier molecular flexibility index (Phi) is 7.14. The second-order valence-corrected chi connectivity index (χ2v) is 8.45. The van der Waals surface area contributed by atoms with Gasteiger partial charge >= 0.3 is 0 Å². The lowest BCUT2D eigenvalue weighted by Gasteiger charge is -2.11. The molecule has 0 saturated heterocycles. The van der Waals surface area contributed by atoms with Crippen molar-refractivity contribution in [3.05, 3.63) is 105 Å². The lowest BCUT2D eigenvalue weighted by atomic mass is 10.2. The number of carbonyl (C=O) groups is 1. The van der Waals surface area contributed by atoms with E-state index in [0.29, 0.717) is 35.2 Å². The molecule has 32 heavy (non-hydrogen) atoms. The topological polar surface area (TPSA) is 84.7 Å². The van der Waals surface area contributed by atoms with Crippen molar-refractivity contribution in [1.29, 1.82) is 0 Å². The number of nitrogens with zero attached hydrogens (tertiary/aromatic N) is 4. The van der Waals surface area contributed by atoms with Gasteiger partial charge in [-0.25, -0.2) is 9.67 Å². The number of benzene rings is 2. The van der Waals surface area contributed by atoms with Crippen molar-refractivity contribution in [3.63, 3.8) is 0 Å². The smallest absolute Gasteiger partial charge is 0.255 e. The molecule has 4 aromatic rings. The molecule has 0 aliphatic rings. The van der Waals surface area contributed by atoms with Gasteiger partial charge in [0, 0.05) is 22.2 Å². The molecule has 4 rings (SSSR count). The highest BCUT2D eigenvalue weighted by atomic mass is 79.9. The molecular weight excluding hydrogens is 492 g/mol. The second-order valence-electron chi connectivity index (χ2n) is 7.10. The standard InChI is InChI=1S/C23H20BrClN6O/c24-18-7-3-17(4-8-18)14-31-15-20(29-30-31)13-28-23(32)21-2-1-11-26-22(21)27-12-16-5-9-19(25)10-6-16/h1-11,15H,12-14H2,(H,26,27)(H,28,32). The molecule has 0 fully saturated rings. The van der Waals surface area contributed by atoms with E-state index in [4.69, 9.17) is 11.6 Å². The first-order valence-electron chi connectivity index (χ1n) is 9.92. The van der Waals surface area contributed by atoms with Gasteiger partial charge in [0.25, 0.3) is 5.91 Å². The Morgan fingerprint density at radius 1 is 1.00 bits per heavy atom. The number of pyridine rings is 1. The number of halogens is 2. The van der Waals surface area contributed by atoms with Crippen molar-refractivity contribution in [1.82, 2.24) is 25.3 Å². The number of rotatable bonds is 8. The highest BCUT2D eigenvalue weighted by Gasteiger charge is 2.13. The highest BCUT2D eigenvalue weighted by Crippen LogP contribution is 2.15. The van der Waals surface area contributed by atoms with Crippen LogP contribution in [0.4, 0.5) is 5.82 Å². The van der Waals surface area contributed by atoms with Crippen LogP contribution in [-0.4, -0.2) is 25.9 Å². The summed E-state index contributed by atoms with van der Waals surface area (Å²) in [5, 5.41) is 15.1. The number of hydrogen-bond donors (Lipinski definition) is 2. The minimum absolute atomic E-state index is 0.237. The van der Waals surface area contributed by atoms with Crippen LogP contribution in [0, 0.1) is 0 Å². The zero-order valence-corrected chi connectivity index (χ0v) is 19.3. The zero-order valence-electron chi connectivity index (χ0n) is 17.0. The Bertz CT molecular complexity index is 1190. The van der Waals surface area contributed by atoms with Crippen molar-refractivity contribution in [2.45, 2.75) is 19.6 Å². The third-order valence-electron chi connectivity index (χ3n) is 4.70. The quantitative estimate of drug-likeness (QED) is 0.359. The van der Waals surface area contributed by atoms with Crippen LogP contribution in [0.5, 0.6) is 0 Å². The van der Waals surface area contributed by atoms with E-state index in [1.54, 1.807) is 23.0 Å². The van der Waals surface area contributed by atoms with Gasteiger partial charge in [-0.05, 0) is 47.5 Å². The molecule has 0 unspecified atom stereocenters. The Morgan fingerprint density at radius 2 is 1.75 bits per heavy atom. The molecule has 2 N–H and O–H groups in total. The number of carbonyl (C=O) groups excluding carboxylic acids is 1. The Morgan fingerprint density at radius 3 is 2.53 bits per heavy atom. The number of anilines is 1. The summed E-state index contributed by atoms with van der Waals surface area (Å²) in [5.41, 5.74) is 3.29. The van der Waals surface area contributed by atoms with E-state index in [-0.39, 0.29) is 12.5 Å². The van der Waals surface area contributed by atoms with E-state index in [9.17, 15) is 4.79 Å². The SMILES string of the molecule is O=C(NCc1cn(Cc2ccc(Br)cc2)nn1)c1cccnc1NCc1ccc(Cl)cc1. The van der Waals surface area contributed by atoms with Crippen LogP contribution >= 0.6 is 27.5 Å². The van der Waals surface area contributed by atoms with Crippen LogP contribution in [0.2, 0.25) is 5.02 Å². The van der Waals surface area contributed by atoms with Gasteiger partial charge in [0.1, 0.15) is 11.5 Å². The lowest BCUT2D eigenvalue weighted by Crippen LogP contribution is -2.24. The number of amides is 1. The van der Waals surface area contributed by atoms with Gasteiger partial charge in [0.05, 0.1) is 24.8 Å². The summed E-state index contributed by atoms with van der Waals surface area (Å²) in [7, 11) is 0. The van der Waals surface area contributed by atoms with Crippen molar-refractivity contribution in [2.24, 2.45) is 0 Å². The molecule has 2 aromatic heterocycles. The van der Waals surface area contributed by atoms with Crippen LogP contribution in [0.1, 0.15) is 27.2 Å². The minimum atomic E-state index is -0.237. The maximum atomic E-state index is 12.8. The third-order valence-corrected chi connectivity index (χ3v) is 5.48. The molecule has 7 nitrogen and oxygen atoms in total. The molecule has 0 atom stereocenters. The second kappa shape index (κ2) is 10.4. The number of nitrogens with one attached hydrogen (secondary N) is 2. The van der Waals surface area contributed by atoms with Gasteiger partial charge in [-0.3, -0.25) is 4.79 Å². The van der Waals surface area contributed by atoms with E-state index < -0.39 is 0 Å². The van der Waals surface area contributed by atoms with Crippen LogP contribution in [-0.2, 0) is 19.6 Å². The third kappa shape index (κ3) is 5.93. The van der Waals surface area contributed by atoms with Crippen LogP contribution < -0.4 is 10.6 Å². The molecule has 2 heterocycles. The van der Waals surface area contributed by atoms with E-state index in [1.165, 1.54) is 0 Å². The van der Waals surface area contributed by atoms with E-state index in [2.05, 4.69) is 41.9 Å². The molecule has 0 bridgehead atoms. The predicted molar refractivity (Wildman–Crippen MR) is 127 cm³/mol. The van der Waals surface area contributed by atoms with Gasteiger partial charge in [-0.2, -0.15) is 0 Å². The van der Waals surface area contributed by atoms with Crippen LogP contribution in [0.3, 0.4) is 0 Å². The first-order chi connectivity index (χ1) is 15.6. The fourth-order valence-electron chi connectivity index (χ4n) is 3.06. The first-order valence-corrected chi connectivity index (χ1v) is 11.1. The van der Waals surface area contributed by atoms with Gasteiger partial charge in [0.2, 0.25) is 0 Å². The minimum Gasteiger partial charge on any atom is -0.365 e. The normalized spacial score (nSPS) is 10.7. The zero-order chi connectivity index (χ0) is 22.3. The van der Waals surface area contributed by atoms with Crippen LogP contribution in [0.15, 0.2) is 77.5 Å². The van der Waals surface area contributed by atoms with Crippen molar-refractivity contribution < 1.29 is 4.79 Å². The molecule has 0 radical (unpaired) electrons. The van der Waals surface area contributed by atoms with Gasteiger partial charge < -0.3 is 10.6 Å². The summed E-state index contributed by atoms with van der Waals surface area (Å²) < 4.78 is 2.77. The summed E-state index contributed by atoms with van der Waals surface area (Å²) >= 11 is 9.36. The van der Waals surface area contributed by atoms with Crippen molar-refractivity contribution in [3.8, 4) is 0 Å². The van der Waals surface area contributed by atoms with Gasteiger partial charge in [-0.1, -0.05) is 57.0 Å². The monoisotopic (exact) mass is 510 g/mol. The van der Waals surface area contributed by atoms with Crippen LogP contribution in [0.25, 0.3) is 0 Å². The summed E-state index contributed by atoms with van der Waals surface area (Å²) in [6.07, 6.45) is 3.47. The predicted octanol–water partition coefficient (Wildman–Crippen LogP) is 4.68. The Labute approximate surface area is 199 Å². The summed E-state index contributed by atoms with van der Waals surface area (Å²) in [6.45, 7) is 1.40. The number of hydrogen-bond acceptors (Lipinski definition) is 5. The largest absolute Gasteiger partial charge is 0.365 e. The fourth-order valence-corrected chi connectivity index (χ4v) is 3.45. The maximum Gasteiger partial charge on any atom is 0.255 e. The van der Waals surface area contributed by atoms with Gasteiger partial charge in [-0.15, -0.1) is 5.10 Å². The molecule has 0 spiro atoms. The first kappa shape index (κ1) is 22.0. The molecule has 2 aromatic carbocycles. The van der Waals surface area contributed by atoms with Gasteiger partial charge in [0.15, 0.2) is 0 Å². The van der Waals surface area contributed by atoms with E-state index >= 15 is 0 Å². The van der Waals surface area contributed by atoms with Crippen molar-refractivity contribution in [2.75, 3.05) is 5.32 Å². The molecule has 0 saturated carbocycles. The Hall–Kier alpha value is -3.23. The molecule has 0 aliphatic carbocycles. The highest BCUT2D eigenvalue weighted by molar-refractivity contribution is 9.10. The fraction of sp³-hybridized carbons (Fsp3) is 0.130. The molecule has 162 valence electrons. The number of aromatic nitrogens is 4. The van der Waals surface area contributed by atoms with Crippen molar-refractivity contribution >= 4 is 39.3 Å².